The largest absolute Gasteiger partial charge is 0.418 e. The Bertz CT molecular complexity index is 1220. The van der Waals surface area contributed by atoms with E-state index in [9.17, 15) is 17.2 Å². The number of rotatable bonds is 6. The number of hydrogen-bond donors (Lipinski definition) is 1. The number of nitrogens with one attached hydrogen (secondary N) is 1. The number of aromatic nitrogens is 1. The summed E-state index contributed by atoms with van der Waals surface area (Å²) in [4.78, 5) is 4.75. The van der Waals surface area contributed by atoms with Crippen LogP contribution >= 0.6 is 11.3 Å². The molecule has 4 rings (SSSR count). The maximum Gasteiger partial charge on any atom is 0.240 e. The van der Waals surface area contributed by atoms with Crippen molar-refractivity contribution in [2.75, 3.05) is 5.32 Å². The molecule has 0 aliphatic heterocycles. The van der Waals surface area contributed by atoms with E-state index in [1.807, 2.05) is 5.38 Å². The molecule has 148 valence electrons. The summed E-state index contributed by atoms with van der Waals surface area (Å²) in [7, 11) is -4.06. The number of halogens is 2. The first-order valence-corrected chi connectivity index (χ1v) is 10.8. The number of hydrogen-bond acceptors (Lipinski definition) is 6. The van der Waals surface area contributed by atoms with Gasteiger partial charge in [-0.2, -0.15) is 4.98 Å². The lowest BCUT2D eigenvalue weighted by molar-refractivity contribution is 0.577. The van der Waals surface area contributed by atoms with E-state index in [4.69, 9.17) is 4.42 Å². The molecule has 5 nitrogen and oxygen atoms in total. The van der Waals surface area contributed by atoms with Crippen LogP contribution in [0.4, 0.5) is 14.7 Å². The van der Waals surface area contributed by atoms with Crippen molar-refractivity contribution in [3.05, 3.63) is 83.2 Å². The lowest BCUT2D eigenvalue weighted by Crippen LogP contribution is -2.07. The molecule has 0 saturated carbocycles. The Kier molecular flexibility index (Phi) is 5.16. The summed E-state index contributed by atoms with van der Waals surface area (Å²) in [6.07, 6.45) is 0. The first-order valence-electron chi connectivity index (χ1n) is 8.47. The van der Waals surface area contributed by atoms with Crippen molar-refractivity contribution in [3.8, 4) is 10.8 Å². The molecule has 0 bridgehead atoms. The average molecular weight is 432 g/mol. The zero-order valence-electron chi connectivity index (χ0n) is 14.8. The summed E-state index contributed by atoms with van der Waals surface area (Å²) in [5.41, 5.74) is 0.727. The van der Waals surface area contributed by atoms with Gasteiger partial charge in [-0.15, -0.1) is 11.3 Å². The van der Waals surface area contributed by atoms with Gasteiger partial charge in [0.2, 0.25) is 26.6 Å². The van der Waals surface area contributed by atoms with Crippen LogP contribution in [0.5, 0.6) is 0 Å². The molecular weight excluding hydrogens is 418 g/mol. The van der Waals surface area contributed by atoms with Gasteiger partial charge in [0.05, 0.1) is 9.77 Å². The molecule has 0 aliphatic carbocycles. The normalized spacial score (nSPS) is 11.5. The molecular formula is C20H14F2N2O3S2. The van der Waals surface area contributed by atoms with Gasteiger partial charge in [0.15, 0.2) is 0 Å². The summed E-state index contributed by atoms with van der Waals surface area (Å²) < 4.78 is 58.2. The molecule has 2 aromatic carbocycles. The Morgan fingerprint density at radius 1 is 0.966 bits per heavy atom. The highest BCUT2D eigenvalue weighted by molar-refractivity contribution is 7.91. The van der Waals surface area contributed by atoms with Crippen molar-refractivity contribution in [1.29, 1.82) is 0 Å². The minimum absolute atomic E-state index is 0.0398. The number of anilines is 1. The van der Waals surface area contributed by atoms with Gasteiger partial charge in [-0.05, 0) is 53.4 Å². The summed E-state index contributed by atoms with van der Waals surface area (Å²) in [6, 6.07) is 13.8. The van der Waals surface area contributed by atoms with Gasteiger partial charge >= 0.3 is 0 Å². The molecule has 0 saturated heterocycles. The molecule has 9 heteroatoms. The van der Waals surface area contributed by atoms with Crippen LogP contribution < -0.4 is 5.32 Å². The fourth-order valence-corrected chi connectivity index (χ4v) is 4.54. The highest BCUT2D eigenvalue weighted by Crippen LogP contribution is 2.34. The first-order chi connectivity index (χ1) is 13.9. The number of sulfone groups is 1. The van der Waals surface area contributed by atoms with Crippen molar-refractivity contribution in [2.45, 2.75) is 16.5 Å². The van der Waals surface area contributed by atoms with E-state index in [2.05, 4.69) is 10.3 Å². The molecule has 0 radical (unpaired) electrons. The van der Waals surface area contributed by atoms with E-state index in [-0.39, 0.29) is 34.1 Å². The second kappa shape index (κ2) is 7.76. The Morgan fingerprint density at radius 3 is 2.24 bits per heavy atom. The zero-order valence-corrected chi connectivity index (χ0v) is 16.4. The quantitative estimate of drug-likeness (QED) is 0.428. The van der Waals surface area contributed by atoms with E-state index < -0.39 is 15.7 Å². The Balaban J connectivity index is 1.73. The lowest BCUT2D eigenvalue weighted by atomic mass is 10.2. The highest BCUT2D eigenvalue weighted by atomic mass is 32.2. The van der Waals surface area contributed by atoms with Gasteiger partial charge in [0.1, 0.15) is 11.6 Å². The van der Waals surface area contributed by atoms with Crippen LogP contribution in [0.1, 0.15) is 5.56 Å². The number of oxazole rings is 1. The fourth-order valence-electron chi connectivity index (χ4n) is 2.62. The Morgan fingerprint density at radius 2 is 1.62 bits per heavy atom. The second-order valence-electron chi connectivity index (χ2n) is 6.07. The SMILES string of the molecule is O=S(=O)(c1ccc(F)cc1)c1nc(-c2cccs2)oc1NCc1ccc(F)cc1. The van der Waals surface area contributed by atoms with Gasteiger partial charge in [0, 0.05) is 6.54 Å². The van der Waals surface area contributed by atoms with E-state index >= 15 is 0 Å². The van der Waals surface area contributed by atoms with E-state index in [1.54, 1.807) is 24.3 Å². The molecule has 0 spiro atoms. The van der Waals surface area contributed by atoms with Gasteiger partial charge in [-0.25, -0.2) is 17.2 Å². The predicted molar refractivity (Wildman–Crippen MR) is 105 cm³/mol. The molecule has 0 fully saturated rings. The molecule has 2 heterocycles. The van der Waals surface area contributed by atoms with Crippen LogP contribution in [0.15, 0.2) is 80.4 Å². The van der Waals surface area contributed by atoms with Crippen LogP contribution in [-0.2, 0) is 16.4 Å². The molecule has 0 unspecified atom stereocenters. The monoisotopic (exact) mass is 432 g/mol. The van der Waals surface area contributed by atoms with Crippen LogP contribution in [-0.4, -0.2) is 13.4 Å². The van der Waals surface area contributed by atoms with Gasteiger partial charge in [-0.3, -0.25) is 0 Å². The Hall–Kier alpha value is -3.04. The van der Waals surface area contributed by atoms with Gasteiger partial charge < -0.3 is 9.73 Å². The smallest absolute Gasteiger partial charge is 0.240 e. The molecule has 2 aromatic heterocycles. The maximum absolute atomic E-state index is 13.2. The molecule has 0 amide bonds. The number of thiophene rings is 1. The van der Waals surface area contributed by atoms with Crippen molar-refractivity contribution >= 4 is 27.1 Å². The standard InChI is InChI=1S/C20H14F2N2O3S2/c21-14-5-3-13(4-6-14)12-23-19-20(24-18(27-19)17-2-1-11-28-17)29(25,26)16-9-7-15(22)8-10-16/h1-11,23H,12H2. The van der Waals surface area contributed by atoms with Crippen molar-refractivity contribution in [2.24, 2.45) is 0 Å². The van der Waals surface area contributed by atoms with E-state index in [0.717, 1.165) is 17.7 Å². The Labute approximate surface area is 169 Å². The fraction of sp³-hybridized carbons (Fsp3) is 0.0500. The zero-order chi connectivity index (χ0) is 20.4. The van der Waals surface area contributed by atoms with Gasteiger partial charge in [-0.1, -0.05) is 18.2 Å². The van der Waals surface area contributed by atoms with Crippen molar-refractivity contribution in [1.82, 2.24) is 4.98 Å². The van der Waals surface area contributed by atoms with Crippen LogP contribution in [0.3, 0.4) is 0 Å². The molecule has 1 N–H and O–H groups in total. The van der Waals surface area contributed by atoms with Crippen LogP contribution in [0.2, 0.25) is 0 Å². The minimum atomic E-state index is -4.06. The van der Waals surface area contributed by atoms with Crippen molar-refractivity contribution in [3.63, 3.8) is 0 Å². The molecule has 29 heavy (non-hydrogen) atoms. The number of benzene rings is 2. The minimum Gasteiger partial charge on any atom is -0.418 e. The van der Waals surface area contributed by atoms with Crippen molar-refractivity contribution < 1.29 is 21.6 Å². The topological polar surface area (TPSA) is 72.2 Å². The van der Waals surface area contributed by atoms with Crippen LogP contribution in [0, 0.1) is 11.6 Å². The molecule has 4 aromatic rings. The first kappa shape index (κ1) is 19.3. The molecule has 0 atom stereocenters. The third kappa shape index (κ3) is 4.06. The third-order valence-corrected chi connectivity index (χ3v) is 6.61. The highest BCUT2D eigenvalue weighted by Gasteiger charge is 2.28. The van der Waals surface area contributed by atoms with E-state index in [1.165, 1.54) is 35.6 Å². The van der Waals surface area contributed by atoms with E-state index in [0.29, 0.717) is 4.88 Å². The number of nitrogens with zero attached hydrogens (tertiary/aromatic N) is 1. The van der Waals surface area contributed by atoms with Crippen LogP contribution in [0.25, 0.3) is 10.8 Å². The second-order valence-corrected chi connectivity index (χ2v) is 8.88. The molecule has 0 aliphatic rings. The predicted octanol–water partition coefficient (Wildman–Crippen LogP) is 5.13. The lowest BCUT2D eigenvalue weighted by Gasteiger charge is -2.06. The maximum atomic E-state index is 13.2. The summed E-state index contributed by atoms with van der Waals surface area (Å²) in [6.45, 7) is 0.200. The summed E-state index contributed by atoms with van der Waals surface area (Å²) >= 11 is 1.35. The third-order valence-electron chi connectivity index (χ3n) is 4.07. The van der Waals surface area contributed by atoms with Gasteiger partial charge in [0.25, 0.3) is 0 Å². The summed E-state index contributed by atoms with van der Waals surface area (Å²) in [5.74, 6) is -0.796. The average Bonchev–Trinajstić information content (AvgIpc) is 3.38. The summed E-state index contributed by atoms with van der Waals surface area (Å²) in [5, 5.41) is 4.44.